The van der Waals surface area contributed by atoms with Crippen molar-refractivity contribution in [3.8, 4) is 10.6 Å². The molecule has 1 aliphatic heterocycles. The van der Waals surface area contributed by atoms with Crippen LogP contribution in [-0.2, 0) is 18.0 Å². The zero-order valence-corrected chi connectivity index (χ0v) is 11.3. The molecule has 94 valence electrons. The van der Waals surface area contributed by atoms with Gasteiger partial charge < -0.3 is 10.1 Å². The fourth-order valence-corrected chi connectivity index (χ4v) is 2.86. The maximum absolute atomic E-state index is 5.42. The molecule has 0 saturated heterocycles. The smallest absolute Gasteiger partial charge is 0.147 e. The summed E-state index contributed by atoms with van der Waals surface area (Å²) in [7, 11) is 1.93. The van der Waals surface area contributed by atoms with Gasteiger partial charge in [0.05, 0.1) is 19.3 Å². The van der Waals surface area contributed by atoms with E-state index >= 15 is 0 Å². The van der Waals surface area contributed by atoms with Crippen molar-refractivity contribution in [1.82, 2.24) is 15.5 Å². The van der Waals surface area contributed by atoms with Crippen LogP contribution in [0.4, 0.5) is 0 Å². The van der Waals surface area contributed by atoms with E-state index in [0.29, 0.717) is 6.61 Å². The summed E-state index contributed by atoms with van der Waals surface area (Å²) >= 11 is 1.64. The molecule has 1 aromatic heterocycles. The number of nitrogens with one attached hydrogen (secondary N) is 1. The van der Waals surface area contributed by atoms with Crippen LogP contribution in [0.5, 0.6) is 0 Å². The number of nitrogens with zero attached hydrogens (tertiary/aromatic N) is 2. The van der Waals surface area contributed by atoms with Gasteiger partial charge in [-0.3, -0.25) is 0 Å². The minimum atomic E-state index is 0.244. The van der Waals surface area contributed by atoms with Gasteiger partial charge in [-0.2, -0.15) is 0 Å². The van der Waals surface area contributed by atoms with Gasteiger partial charge in [0.1, 0.15) is 10.0 Å². The largest absolute Gasteiger partial charge is 0.372 e. The second-order valence-electron chi connectivity index (χ2n) is 4.43. The SMILES string of the molecule is CNC(C)c1nnc(-c2ccc3c(c2)COC3)s1. The zero-order valence-electron chi connectivity index (χ0n) is 10.4. The van der Waals surface area contributed by atoms with Crippen LogP contribution in [0.3, 0.4) is 0 Å². The van der Waals surface area contributed by atoms with Crippen LogP contribution >= 0.6 is 11.3 Å². The van der Waals surface area contributed by atoms with E-state index in [4.69, 9.17) is 4.74 Å². The Bertz CT molecular complexity index is 567. The number of hydrogen-bond donors (Lipinski definition) is 1. The molecule has 1 unspecified atom stereocenters. The molecule has 0 bridgehead atoms. The van der Waals surface area contributed by atoms with Gasteiger partial charge in [-0.15, -0.1) is 10.2 Å². The van der Waals surface area contributed by atoms with Crippen molar-refractivity contribution in [2.75, 3.05) is 7.05 Å². The minimum absolute atomic E-state index is 0.244. The molecule has 0 fully saturated rings. The lowest BCUT2D eigenvalue weighted by atomic mass is 10.1. The van der Waals surface area contributed by atoms with E-state index in [1.165, 1.54) is 11.1 Å². The summed E-state index contributed by atoms with van der Waals surface area (Å²) in [6.07, 6.45) is 0. The number of ether oxygens (including phenoxy) is 1. The van der Waals surface area contributed by atoms with Crippen molar-refractivity contribution in [3.05, 3.63) is 34.3 Å². The van der Waals surface area contributed by atoms with Gasteiger partial charge >= 0.3 is 0 Å². The van der Waals surface area contributed by atoms with Crippen molar-refractivity contribution in [2.45, 2.75) is 26.2 Å². The van der Waals surface area contributed by atoms with E-state index in [9.17, 15) is 0 Å². The summed E-state index contributed by atoms with van der Waals surface area (Å²) in [4.78, 5) is 0. The quantitative estimate of drug-likeness (QED) is 0.922. The van der Waals surface area contributed by atoms with Crippen LogP contribution in [0.25, 0.3) is 10.6 Å². The van der Waals surface area contributed by atoms with E-state index in [0.717, 1.165) is 22.2 Å². The topological polar surface area (TPSA) is 47.0 Å². The van der Waals surface area contributed by atoms with Crippen molar-refractivity contribution < 1.29 is 4.74 Å². The van der Waals surface area contributed by atoms with Crippen molar-refractivity contribution >= 4 is 11.3 Å². The predicted octanol–water partition coefficient (Wildman–Crippen LogP) is 2.52. The van der Waals surface area contributed by atoms with Gasteiger partial charge in [0.2, 0.25) is 0 Å². The summed E-state index contributed by atoms with van der Waals surface area (Å²) in [5, 5.41) is 13.7. The van der Waals surface area contributed by atoms with E-state index in [-0.39, 0.29) is 6.04 Å². The van der Waals surface area contributed by atoms with Crippen molar-refractivity contribution in [1.29, 1.82) is 0 Å². The van der Waals surface area contributed by atoms with Crippen LogP contribution in [0.1, 0.15) is 29.1 Å². The molecule has 1 N–H and O–H groups in total. The molecule has 0 aliphatic carbocycles. The Kier molecular flexibility index (Phi) is 3.11. The Labute approximate surface area is 110 Å². The number of rotatable bonds is 3. The molecule has 18 heavy (non-hydrogen) atoms. The molecule has 2 heterocycles. The highest BCUT2D eigenvalue weighted by Crippen LogP contribution is 2.30. The van der Waals surface area contributed by atoms with Crippen LogP contribution in [0, 0.1) is 0 Å². The fourth-order valence-electron chi connectivity index (χ4n) is 1.95. The van der Waals surface area contributed by atoms with Crippen LogP contribution < -0.4 is 5.32 Å². The maximum atomic E-state index is 5.42. The second-order valence-corrected chi connectivity index (χ2v) is 5.44. The Morgan fingerprint density at radius 3 is 2.94 bits per heavy atom. The van der Waals surface area contributed by atoms with E-state index in [2.05, 4.69) is 40.6 Å². The first-order chi connectivity index (χ1) is 8.78. The van der Waals surface area contributed by atoms with Crippen molar-refractivity contribution in [2.24, 2.45) is 0 Å². The number of aromatic nitrogens is 2. The van der Waals surface area contributed by atoms with Crippen LogP contribution in [0.15, 0.2) is 18.2 Å². The monoisotopic (exact) mass is 261 g/mol. The molecule has 1 atom stereocenters. The summed E-state index contributed by atoms with van der Waals surface area (Å²) in [6.45, 7) is 3.52. The Morgan fingerprint density at radius 2 is 2.11 bits per heavy atom. The molecular formula is C13H15N3OS. The molecule has 5 heteroatoms. The summed E-state index contributed by atoms with van der Waals surface area (Å²) < 4.78 is 5.42. The third-order valence-corrected chi connectivity index (χ3v) is 4.37. The van der Waals surface area contributed by atoms with E-state index in [1.807, 2.05) is 7.05 Å². The number of fused-ring (bicyclic) bond motifs is 1. The second kappa shape index (κ2) is 4.76. The Morgan fingerprint density at radius 1 is 1.28 bits per heavy atom. The van der Waals surface area contributed by atoms with Gasteiger partial charge in [-0.05, 0) is 31.2 Å². The molecule has 0 amide bonds. The Balaban J connectivity index is 1.92. The molecule has 4 nitrogen and oxygen atoms in total. The van der Waals surface area contributed by atoms with Gasteiger partial charge in [-0.1, -0.05) is 23.5 Å². The van der Waals surface area contributed by atoms with Gasteiger partial charge in [0, 0.05) is 5.56 Å². The third kappa shape index (κ3) is 2.05. The molecule has 0 saturated carbocycles. The maximum Gasteiger partial charge on any atom is 0.147 e. The fraction of sp³-hybridized carbons (Fsp3) is 0.385. The highest BCUT2D eigenvalue weighted by Gasteiger charge is 2.15. The minimum Gasteiger partial charge on any atom is -0.372 e. The summed E-state index contributed by atoms with van der Waals surface area (Å²) in [6, 6.07) is 6.63. The molecule has 1 aromatic carbocycles. The zero-order chi connectivity index (χ0) is 12.5. The first kappa shape index (κ1) is 11.8. The van der Waals surface area contributed by atoms with Crippen molar-refractivity contribution in [3.63, 3.8) is 0 Å². The normalized spacial score (nSPS) is 15.7. The standard InChI is InChI=1S/C13H15N3OS/c1-8(14-2)12-15-16-13(18-12)9-3-4-10-6-17-7-11(10)5-9/h3-5,8,14H,6-7H2,1-2H3. The van der Waals surface area contributed by atoms with Crippen LogP contribution in [-0.4, -0.2) is 17.2 Å². The summed E-state index contributed by atoms with van der Waals surface area (Å²) in [5.74, 6) is 0. The van der Waals surface area contributed by atoms with E-state index in [1.54, 1.807) is 11.3 Å². The third-order valence-electron chi connectivity index (χ3n) is 3.21. The van der Waals surface area contributed by atoms with Crippen LogP contribution in [0.2, 0.25) is 0 Å². The average Bonchev–Trinajstić information content (AvgIpc) is 3.05. The number of hydrogen-bond acceptors (Lipinski definition) is 5. The first-order valence-electron chi connectivity index (χ1n) is 5.98. The number of benzene rings is 1. The molecule has 3 rings (SSSR count). The predicted molar refractivity (Wildman–Crippen MR) is 71.3 cm³/mol. The Hall–Kier alpha value is -1.30. The first-order valence-corrected chi connectivity index (χ1v) is 6.80. The highest BCUT2D eigenvalue weighted by molar-refractivity contribution is 7.14. The highest BCUT2D eigenvalue weighted by atomic mass is 32.1. The molecule has 0 radical (unpaired) electrons. The lowest BCUT2D eigenvalue weighted by molar-refractivity contribution is 0.134. The lowest BCUT2D eigenvalue weighted by Gasteiger charge is -2.03. The van der Waals surface area contributed by atoms with Gasteiger partial charge in [-0.25, -0.2) is 0 Å². The average molecular weight is 261 g/mol. The van der Waals surface area contributed by atoms with Gasteiger partial charge in [0.15, 0.2) is 0 Å². The molecule has 2 aromatic rings. The van der Waals surface area contributed by atoms with Gasteiger partial charge in [0.25, 0.3) is 0 Å². The lowest BCUT2D eigenvalue weighted by Crippen LogP contribution is -2.11. The summed E-state index contributed by atoms with van der Waals surface area (Å²) in [5.41, 5.74) is 3.68. The molecule has 1 aliphatic rings. The molecular weight excluding hydrogens is 246 g/mol. The molecule has 0 spiro atoms. The van der Waals surface area contributed by atoms with E-state index < -0.39 is 0 Å².